The fraction of sp³-hybridized carbons (Fsp3) is 0.769. The Hall–Kier alpha value is -0.990. The Bertz CT molecular complexity index is 335. The third kappa shape index (κ3) is 2.77. The zero-order chi connectivity index (χ0) is 11.5. The molecule has 0 bridgehead atoms. The van der Waals surface area contributed by atoms with Crippen molar-refractivity contribution in [1.82, 2.24) is 9.55 Å². The summed E-state index contributed by atoms with van der Waals surface area (Å²) in [6.07, 6.45) is 7.27. The van der Waals surface area contributed by atoms with Crippen LogP contribution in [0.25, 0.3) is 0 Å². The largest absolute Gasteiger partial charge is 0.353 e. The summed E-state index contributed by atoms with van der Waals surface area (Å²) in [5, 5.41) is 3.51. The van der Waals surface area contributed by atoms with Crippen molar-refractivity contribution in [3.8, 4) is 0 Å². The molecule has 0 amide bonds. The molecule has 0 spiro atoms. The standard InChI is InChI=1S/C13H23N3/c1-4-11(5-2)9-16-8-10(3)14-13(16)15-12-6-7-12/h8,11-12H,4-7,9H2,1-3H3,(H,14,15). The molecule has 1 heterocycles. The summed E-state index contributed by atoms with van der Waals surface area (Å²) in [6, 6.07) is 0.683. The van der Waals surface area contributed by atoms with Crippen molar-refractivity contribution in [2.24, 2.45) is 5.92 Å². The third-order valence-corrected chi connectivity index (χ3v) is 3.42. The lowest BCUT2D eigenvalue weighted by Crippen LogP contribution is -2.13. The molecular formula is C13H23N3. The van der Waals surface area contributed by atoms with Gasteiger partial charge in [0, 0.05) is 18.8 Å². The van der Waals surface area contributed by atoms with E-state index in [0.29, 0.717) is 6.04 Å². The number of aromatic nitrogens is 2. The molecule has 2 rings (SSSR count). The van der Waals surface area contributed by atoms with Gasteiger partial charge in [0.05, 0.1) is 5.69 Å². The molecule has 90 valence electrons. The molecule has 3 nitrogen and oxygen atoms in total. The van der Waals surface area contributed by atoms with E-state index in [1.54, 1.807) is 0 Å². The maximum atomic E-state index is 4.56. The van der Waals surface area contributed by atoms with Crippen LogP contribution in [0.4, 0.5) is 5.95 Å². The number of hydrogen-bond donors (Lipinski definition) is 1. The van der Waals surface area contributed by atoms with E-state index >= 15 is 0 Å². The smallest absolute Gasteiger partial charge is 0.203 e. The molecule has 0 aliphatic heterocycles. The fourth-order valence-electron chi connectivity index (χ4n) is 2.04. The van der Waals surface area contributed by atoms with Crippen LogP contribution in [0.3, 0.4) is 0 Å². The summed E-state index contributed by atoms with van der Waals surface area (Å²) in [5.41, 5.74) is 1.12. The molecule has 1 aliphatic rings. The Morgan fingerprint density at radius 3 is 2.69 bits per heavy atom. The van der Waals surface area contributed by atoms with Gasteiger partial charge in [-0.2, -0.15) is 0 Å². The highest BCUT2D eigenvalue weighted by molar-refractivity contribution is 5.32. The maximum Gasteiger partial charge on any atom is 0.203 e. The topological polar surface area (TPSA) is 29.9 Å². The van der Waals surface area contributed by atoms with E-state index in [1.165, 1.54) is 25.7 Å². The van der Waals surface area contributed by atoms with E-state index < -0.39 is 0 Å². The van der Waals surface area contributed by atoms with Gasteiger partial charge in [-0.3, -0.25) is 0 Å². The van der Waals surface area contributed by atoms with Crippen LogP contribution in [-0.4, -0.2) is 15.6 Å². The highest BCUT2D eigenvalue weighted by atomic mass is 15.2. The van der Waals surface area contributed by atoms with Crippen LogP contribution < -0.4 is 5.32 Å². The quantitative estimate of drug-likeness (QED) is 0.799. The van der Waals surface area contributed by atoms with Gasteiger partial charge >= 0.3 is 0 Å². The number of imidazole rings is 1. The normalized spacial score (nSPS) is 15.8. The molecule has 0 saturated heterocycles. The van der Waals surface area contributed by atoms with E-state index in [1.807, 2.05) is 0 Å². The summed E-state index contributed by atoms with van der Waals surface area (Å²) < 4.78 is 2.30. The van der Waals surface area contributed by atoms with Gasteiger partial charge in [-0.15, -0.1) is 0 Å². The fourth-order valence-corrected chi connectivity index (χ4v) is 2.04. The minimum Gasteiger partial charge on any atom is -0.353 e. The predicted molar refractivity (Wildman–Crippen MR) is 67.7 cm³/mol. The molecule has 0 atom stereocenters. The molecule has 16 heavy (non-hydrogen) atoms. The van der Waals surface area contributed by atoms with E-state index in [9.17, 15) is 0 Å². The summed E-state index contributed by atoms with van der Waals surface area (Å²) >= 11 is 0. The monoisotopic (exact) mass is 221 g/mol. The lowest BCUT2D eigenvalue weighted by atomic mass is 10.0. The van der Waals surface area contributed by atoms with Crippen LogP contribution in [0, 0.1) is 12.8 Å². The summed E-state index contributed by atoms with van der Waals surface area (Å²) in [6.45, 7) is 7.71. The minimum atomic E-state index is 0.683. The highest BCUT2D eigenvalue weighted by Gasteiger charge is 2.23. The van der Waals surface area contributed by atoms with Gasteiger partial charge in [-0.1, -0.05) is 26.7 Å². The summed E-state index contributed by atoms with van der Waals surface area (Å²) in [4.78, 5) is 4.56. The lowest BCUT2D eigenvalue weighted by Gasteiger charge is -2.15. The first kappa shape index (κ1) is 11.5. The average Bonchev–Trinajstić information content (AvgIpc) is 3.00. The molecule has 1 N–H and O–H groups in total. The van der Waals surface area contributed by atoms with Crippen molar-refractivity contribution in [1.29, 1.82) is 0 Å². The molecule has 1 saturated carbocycles. The highest BCUT2D eigenvalue weighted by Crippen LogP contribution is 2.25. The van der Waals surface area contributed by atoms with Gasteiger partial charge < -0.3 is 9.88 Å². The Morgan fingerprint density at radius 1 is 1.44 bits per heavy atom. The second-order valence-corrected chi connectivity index (χ2v) is 4.96. The molecule has 0 radical (unpaired) electrons. The van der Waals surface area contributed by atoms with Crippen molar-refractivity contribution in [2.75, 3.05) is 5.32 Å². The first-order valence-corrected chi connectivity index (χ1v) is 6.53. The molecule has 0 aromatic carbocycles. The Labute approximate surface area is 98.3 Å². The second-order valence-electron chi connectivity index (χ2n) is 4.96. The van der Waals surface area contributed by atoms with Gasteiger partial charge in [0.2, 0.25) is 5.95 Å². The van der Waals surface area contributed by atoms with Gasteiger partial charge in [0.15, 0.2) is 0 Å². The minimum absolute atomic E-state index is 0.683. The van der Waals surface area contributed by atoms with Gasteiger partial charge in [-0.05, 0) is 25.7 Å². The molecule has 1 aromatic rings. The zero-order valence-corrected chi connectivity index (χ0v) is 10.7. The van der Waals surface area contributed by atoms with Crippen molar-refractivity contribution in [2.45, 2.75) is 59.0 Å². The van der Waals surface area contributed by atoms with Crippen molar-refractivity contribution in [3.05, 3.63) is 11.9 Å². The Kier molecular flexibility index (Phi) is 3.52. The molecule has 1 aromatic heterocycles. The number of nitrogens with one attached hydrogen (secondary N) is 1. The van der Waals surface area contributed by atoms with Crippen molar-refractivity contribution >= 4 is 5.95 Å². The summed E-state index contributed by atoms with van der Waals surface area (Å²) in [7, 11) is 0. The zero-order valence-electron chi connectivity index (χ0n) is 10.7. The number of rotatable bonds is 6. The first-order chi connectivity index (χ1) is 7.72. The van der Waals surface area contributed by atoms with Gasteiger partial charge in [0.1, 0.15) is 0 Å². The number of aryl methyl sites for hydroxylation is 1. The van der Waals surface area contributed by atoms with E-state index in [-0.39, 0.29) is 0 Å². The second kappa shape index (κ2) is 4.89. The maximum absolute atomic E-state index is 4.56. The van der Waals surface area contributed by atoms with Gasteiger partial charge in [0.25, 0.3) is 0 Å². The molecule has 3 heteroatoms. The Morgan fingerprint density at radius 2 is 2.12 bits per heavy atom. The number of nitrogens with zero attached hydrogens (tertiary/aromatic N) is 2. The number of hydrogen-bond acceptors (Lipinski definition) is 2. The third-order valence-electron chi connectivity index (χ3n) is 3.42. The first-order valence-electron chi connectivity index (χ1n) is 6.53. The predicted octanol–water partition coefficient (Wildman–Crippen LogP) is 3.20. The lowest BCUT2D eigenvalue weighted by molar-refractivity contribution is 0.420. The van der Waals surface area contributed by atoms with Crippen LogP contribution in [0.5, 0.6) is 0 Å². The SMILES string of the molecule is CCC(CC)Cn1cc(C)nc1NC1CC1. The van der Waals surface area contributed by atoms with Crippen LogP contribution in [0.1, 0.15) is 45.2 Å². The van der Waals surface area contributed by atoms with E-state index in [2.05, 4.69) is 41.8 Å². The molecule has 1 aliphatic carbocycles. The van der Waals surface area contributed by atoms with Crippen LogP contribution in [-0.2, 0) is 6.54 Å². The summed E-state index contributed by atoms with van der Waals surface area (Å²) in [5.74, 6) is 1.85. The Balaban J connectivity index is 2.05. The van der Waals surface area contributed by atoms with E-state index in [0.717, 1.165) is 24.1 Å². The van der Waals surface area contributed by atoms with Gasteiger partial charge in [-0.25, -0.2) is 4.98 Å². The van der Waals surface area contributed by atoms with Crippen molar-refractivity contribution < 1.29 is 0 Å². The van der Waals surface area contributed by atoms with Crippen LogP contribution in [0.2, 0.25) is 0 Å². The molecular weight excluding hydrogens is 198 g/mol. The van der Waals surface area contributed by atoms with Crippen molar-refractivity contribution in [3.63, 3.8) is 0 Å². The van der Waals surface area contributed by atoms with E-state index in [4.69, 9.17) is 0 Å². The van der Waals surface area contributed by atoms with Crippen LogP contribution >= 0.6 is 0 Å². The molecule has 0 unspecified atom stereocenters. The number of anilines is 1. The molecule has 1 fully saturated rings. The average molecular weight is 221 g/mol. The van der Waals surface area contributed by atoms with Crippen LogP contribution in [0.15, 0.2) is 6.20 Å².